The molecular formula is C20H19FN2O2S. The van der Waals surface area contributed by atoms with Gasteiger partial charge in [-0.15, -0.1) is 0 Å². The van der Waals surface area contributed by atoms with Crippen LogP contribution >= 0.6 is 0 Å². The molecule has 2 aromatic carbocycles. The van der Waals surface area contributed by atoms with Gasteiger partial charge in [0.05, 0.1) is 22.0 Å². The van der Waals surface area contributed by atoms with Gasteiger partial charge in [-0.25, -0.2) is 17.5 Å². The zero-order valence-corrected chi connectivity index (χ0v) is 15.3. The molecule has 0 unspecified atom stereocenters. The SMILES string of the molecule is CS(=O)(=O)c1ccc(-n2nc3c(c2-c2ccc(F)cc2)CCCC3)cc1. The van der Waals surface area contributed by atoms with E-state index in [1.807, 2.05) is 4.68 Å². The largest absolute Gasteiger partial charge is 0.233 e. The molecule has 0 spiro atoms. The van der Waals surface area contributed by atoms with E-state index in [-0.39, 0.29) is 10.7 Å². The highest BCUT2D eigenvalue weighted by molar-refractivity contribution is 7.90. The third-order valence-electron chi connectivity index (χ3n) is 4.78. The molecule has 0 saturated carbocycles. The van der Waals surface area contributed by atoms with Crippen molar-refractivity contribution in [2.75, 3.05) is 6.26 Å². The van der Waals surface area contributed by atoms with Gasteiger partial charge in [-0.3, -0.25) is 0 Å². The fourth-order valence-electron chi connectivity index (χ4n) is 3.48. The highest BCUT2D eigenvalue weighted by atomic mass is 32.2. The number of halogens is 1. The summed E-state index contributed by atoms with van der Waals surface area (Å²) >= 11 is 0. The van der Waals surface area contributed by atoms with E-state index in [1.165, 1.54) is 24.0 Å². The lowest BCUT2D eigenvalue weighted by Gasteiger charge is -2.12. The summed E-state index contributed by atoms with van der Waals surface area (Å²) in [6.45, 7) is 0. The van der Waals surface area contributed by atoms with Crippen molar-refractivity contribution in [2.24, 2.45) is 0 Å². The van der Waals surface area contributed by atoms with Gasteiger partial charge in [0.15, 0.2) is 9.84 Å². The number of nitrogens with zero attached hydrogens (tertiary/aromatic N) is 2. The van der Waals surface area contributed by atoms with Crippen LogP contribution in [0.15, 0.2) is 53.4 Å². The van der Waals surface area contributed by atoms with Crippen LogP contribution in [0.25, 0.3) is 16.9 Å². The number of rotatable bonds is 3. The Morgan fingerprint density at radius 1 is 0.962 bits per heavy atom. The Kier molecular flexibility index (Phi) is 4.15. The fraction of sp³-hybridized carbons (Fsp3) is 0.250. The average molecular weight is 370 g/mol. The van der Waals surface area contributed by atoms with Gasteiger partial charge in [-0.1, -0.05) is 0 Å². The molecule has 0 radical (unpaired) electrons. The zero-order valence-electron chi connectivity index (χ0n) is 14.4. The number of benzene rings is 2. The van der Waals surface area contributed by atoms with Crippen LogP contribution in [0.1, 0.15) is 24.1 Å². The third-order valence-corrected chi connectivity index (χ3v) is 5.91. The van der Waals surface area contributed by atoms with Gasteiger partial charge in [0.25, 0.3) is 0 Å². The van der Waals surface area contributed by atoms with Crippen LogP contribution in [0.3, 0.4) is 0 Å². The average Bonchev–Trinajstić information content (AvgIpc) is 3.01. The molecule has 3 aromatic rings. The number of hydrogen-bond acceptors (Lipinski definition) is 3. The van der Waals surface area contributed by atoms with Gasteiger partial charge in [0.1, 0.15) is 5.82 Å². The second kappa shape index (κ2) is 6.36. The fourth-order valence-corrected chi connectivity index (χ4v) is 4.11. The van der Waals surface area contributed by atoms with Crippen LogP contribution in [0.5, 0.6) is 0 Å². The van der Waals surface area contributed by atoms with Crippen molar-refractivity contribution in [1.82, 2.24) is 9.78 Å². The highest BCUT2D eigenvalue weighted by Gasteiger charge is 2.22. The molecule has 0 saturated heterocycles. The molecule has 6 heteroatoms. The van der Waals surface area contributed by atoms with Crippen molar-refractivity contribution in [3.05, 3.63) is 65.6 Å². The van der Waals surface area contributed by atoms with E-state index in [2.05, 4.69) is 0 Å². The van der Waals surface area contributed by atoms with E-state index >= 15 is 0 Å². The third kappa shape index (κ3) is 3.05. The van der Waals surface area contributed by atoms with E-state index < -0.39 is 9.84 Å². The number of hydrogen-bond donors (Lipinski definition) is 0. The van der Waals surface area contributed by atoms with Gasteiger partial charge in [-0.05, 0) is 74.2 Å². The monoisotopic (exact) mass is 370 g/mol. The molecule has 0 atom stereocenters. The normalized spacial score (nSPS) is 14.2. The van der Waals surface area contributed by atoms with E-state index in [0.717, 1.165) is 48.3 Å². The first-order chi connectivity index (χ1) is 12.4. The minimum atomic E-state index is -3.24. The summed E-state index contributed by atoms with van der Waals surface area (Å²) in [7, 11) is -3.24. The maximum absolute atomic E-state index is 13.4. The van der Waals surface area contributed by atoms with Crippen molar-refractivity contribution in [1.29, 1.82) is 0 Å². The molecule has 0 fully saturated rings. The van der Waals surface area contributed by atoms with Crippen molar-refractivity contribution >= 4 is 9.84 Å². The minimum absolute atomic E-state index is 0.272. The zero-order chi connectivity index (χ0) is 18.3. The van der Waals surface area contributed by atoms with Crippen molar-refractivity contribution < 1.29 is 12.8 Å². The molecule has 1 aliphatic carbocycles. The Bertz CT molecular complexity index is 1050. The summed E-state index contributed by atoms with van der Waals surface area (Å²) in [5.41, 5.74) is 4.95. The number of aryl methyl sites for hydroxylation is 1. The Morgan fingerprint density at radius 2 is 1.62 bits per heavy atom. The summed E-state index contributed by atoms with van der Waals surface area (Å²) in [5.74, 6) is -0.272. The first kappa shape index (κ1) is 17.0. The van der Waals surface area contributed by atoms with E-state index in [0.29, 0.717) is 0 Å². The molecule has 1 aromatic heterocycles. The number of aromatic nitrogens is 2. The molecule has 0 N–H and O–H groups in total. The Morgan fingerprint density at radius 3 is 2.27 bits per heavy atom. The Balaban J connectivity index is 1.88. The van der Waals surface area contributed by atoms with Gasteiger partial charge in [-0.2, -0.15) is 5.10 Å². The van der Waals surface area contributed by atoms with E-state index in [1.54, 1.807) is 36.4 Å². The second-order valence-electron chi connectivity index (χ2n) is 6.67. The topological polar surface area (TPSA) is 52.0 Å². The minimum Gasteiger partial charge on any atom is -0.233 e. The van der Waals surface area contributed by atoms with Crippen LogP contribution in [-0.2, 0) is 22.7 Å². The van der Waals surface area contributed by atoms with Crippen LogP contribution in [0.4, 0.5) is 4.39 Å². The molecule has 26 heavy (non-hydrogen) atoms. The smallest absolute Gasteiger partial charge is 0.175 e. The van der Waals surface area contributed by atoms with Crippen LogP contribution in [-0.4, -0.2) is 24.5 Å². The lowest BCUT2D eigenvalue weighted by molar-refractivity contribution is 0.602. The molecule has 4 nitrogen and oxygen atoms in total. The summed E-state index contributed by atoms with van der Waals surface area (Å²) in [5, 5.41) is 4.79. The predicted molar refractivity (Wildman–Crippen MR) is 98.7 cm³/mol. The van der Waals surface area contributed by atoms with Gasteiger partial charge in [0, 0.05) is 17.4 Å². The molecule has 4 rings (SSSR count). The van der Waals surface area contributed by atoms with Gasteiger partial charge >= 0.3 is 0 Å². The molecule has 0 bridgehead atoms. The Labute approximate surface area is 152 Å². The first-order valence-electron chi connectivity index (χ1n) is 8.61. The van der Waals surface area contributed by atoms with Crippen LogP contribution in [0, 0.1) is 5.82 Å². The molecule has 1 heterocycles. The Hall–Kier alpha value is -2.47. The lowest BCUT2D eigenvalue weighted by atomic mass is 9.93. The highest BCUT2D eigenvalue weighted by Crippen LogP contribution is 2.33. The molecule has 134 valence electrons. The molecule has 0 amide bonds. The summed E-state index contributed by atoms with van der Waals surface area (Å²) in [4.78, 5) is 0.279. The molecular weight excluding hydrogens is 351 g/mol. The first-order valence-corrected chi connectivity index (χ1v) is 10.5. The van der Waals surface area contributed by atoms with Gasteiger partial charge < -0.3 is 0 Å². The number of fused-ring (bicyclic) bond motifs is 1. The molecule has 0 aliphatic heterocycles. The van der Waals surface area contributed by atoms with Crippen molar-refractivity contribution in [3.63, 3.8) is 0 Å². The predicted octanol–water partition coefficient (Wildman–Crippen LogP) is 3.96. The lowest BCUT2D eigenvalue weighted by Crippen LogP contribution is -2.02. The van der Waals surface area contributed by atoms with Gasteiger partial charge in [0.2, 0.25) is 0 Å². The molecule has 1 aliphatic rings. The van der Waals surface area contributed by atoms with Crippen LogP contribution in [0.2, 0.25) is 0 Å². The van der Waals surface area contributed by atoms with Crippen molar-refractivity contribution in [2.45, 2.75) is 30.6 Å². The summed E-state index contributed by atoms with van der Waals surface area (Å²) in [6, 6.07) is 13.2. The number of sulfone groups is 1. The summed E-state index contributed by atoms with van der Waals surface area (Å²) < 4.78 is 38.6. The van der Waals surface area contributed by atoms with Crippen molar-refractivity contribution in [3.8, 4) is 16.9 Å². The van der Waals surface area contributed by atoms with Crippen LogP contribution < -0.4 is 0 Å². The van der Waals surface area contributed by atoms with E-state index in [9.17, 15) is 12.8 Å². The van der Waals surface area contributed by atoms with E-state index in [4.69, 9.17) is 5.10 Å². The second-order valence-corrected chi connectivity index (χ2v) is 8.68. The maximum atomic E-state index is 13.4. The quantitative estimate of drug-likeness (QED) is 0.701. The summed E-state index contributed by atoms with van der Waals surface area (Å²) in [6.07, 6.45) is 5.29. The maximum Gasteiger partial charge on any atom is 0.175 e. The standard InChI is InChI=1S/C20H19FN2O2S/c1-26(24,25)17-12-10-16(11-13-17)23-20(14-6-8-15(21)9-7-14)18-4-2-3-5-19(18)22-23/h6-13H,2-5H2,1H3.